The zero-order chi connectivity index (χ0) is 11.7. The van der Waals surface area contributed by atoms with E-state index in [-0.39, 0.29) is 0 Å². The van der Waals surface area contributed by atoms with Crippen LogP contribution >= 0.6 is 0 Å². The first-order valence-corrected chi connectivity index (χ1v) is 6.21. The van der Waals surface area contributed by atoms with Crippen LogP contribution in [0.5, 0.6) is 0 Å². The lowest BCUT2D eigenvalue weighted by atomic mass is 9.88. The minimum atomic E-state index is 0.603. The van der Waals surface area contributed by atoms with Crippen LogP contribution in [-0.4, -0.2) is 6.54 Å². The van der Waals surface area contributed by atoms with Gasteiger partial charge in [-0.15, -0.1) is 0 Å². The number of benzene rings is 2. The Kier molecular flexibility index (Phi) is 2.60. The standard InChI is InChI=1S/C16H17N/c1-12-7-8-14-10-15(11-17-16(14)9-12)13-5-3-2-4-6-13/h2-9,15,17H,10-11H2,1H3. The summed E-state index contributed by atoms with van der Waals surface area (Å²) in [5.41, 5.74) is 5.52. The molecule has 0 amide bonds. The molecule has 0 saturated carbocycles. The lowest BCUT2D eigenvalue weighted by molar-refractivity contribution is 0.695. The van der Waals surface area contributed by atoms with Gasteiger partial charge in [0.05, 0.1) is 0 Å². The van der Waals surface area contributed by atoms with E-state index in [1.165, 1.54) is 22.4 Å². The van der Waals surface area contributed by atoms with Crippen molar-refractivity contribution in [3.8, 4) is 0 Å². The van der Waals surface area contributed by atoms with Crippen LogP contribution in [0.4, 0.5) is 5.69 Å². The molecule has 2 aromatic rings. The molecule has 1 heteroatoms. The average molecular weight is 223 g/mol. The summed E-state index contributed by atoms with van der Waals surface area (Å²) in [6, 6.07) is 17.5. The second kappa shape index (κ2) is 4.25. The van der Waals surface area contributed by atoms with E-state index in [0.717, 1.165) is 13.0 Å². The van der Waals surface area contributed by atoms with Crippen LogP contribution in [0.25, 0.3) is 0 Å². The van der Waals surface area contributed by atoms with Crippen LogP contribution in [0.2, 0.25) is 0 Å². The second-order valence-corrected chi connectivity index (χ2v) is 4.85. The Morgan fingerprint density at radius 2 is 1.88 bits per heavy atom. The van der Waals surface area contributed by atoms with Gasteiger partial charge in [0.25, 0.3) is 0 Å². The second-order valence-electron chi connectivity index (χ2n) is 4.85. The number of aryl methyl sites for hydroxylation is 1. The molecule has 1 N–H and O–H groups in total. The van der Waals surface area contributed by atoms with Crippen molar-refractivity contribution in [2.45, 2.75) is 19.3 Å². The molecule has 0 fully saturated rings. The minimum absolute atomic E-state index is 0.603. The fourth-order valence-electron chi connectivity index (χ4n) is 2.56. The zero-order valence-corrected chi connectivity index (χ0v) is 10.1. The highest BCUT2D eigenvalue weighted by Crippen LogP contribution is 2.30. The van der Waals surface area contributed by atoms with Gasteiger partial charge in [0.2, 0.25) is 0 Å². The molecule has 86 valence electrons. The van der Waals surface area contributed by atoms with Gasteiger partial charge in [0.15, 0.2) is 0 Å². The smallest absolute Gasteiger partial charge is 0.0375 e. The number of anilines is 1. The van der Waals surface area contributed by atoms with Crippen molar-refractivity contribution in [2.75, 3.05) is 11.9 Å². The fourth-order valence-corrected chi connectivity index (χ4v) is 2.56. The van der Waals surface area contributed by atoms with Crippen molar-refractivity contribution in [3.63, 3.8) is 0 Å². The maximum absolute atomic E-state index is 3.55. The van der Waals surface area contributed by atoms with Gasteiger partial charge in [-0.25, -0.2) is 0 Å². The Morgan fingerprint density at radius 1 is 1.06 bits per heavy atom. The average Bonchev–Trinajstić information content (AvgIpc) is 2.39. The predicted octanol–water partition coefficient (Wildman–Crippen LogP) is 3.75. The van der Waals surface area contributed by atoms with Crippen LogP contribution < -0.4 is 5.32 Å². The van der Waals surface area contributed by atoms with Gasteiger partial charge in [-0.3, -0.25) is 0 Å². The molecular weight excluding hydrogens is 206 g/mol. The van der Waals surface area contributed by atoms with Gasteiger partial charge in [0, 0.05) is 18.2 Å². The lowest BCUT2D eigenvalue weighted by Gasteiger charge is -2.26. The molecule has 3 rings (SSSR count). The van der Waals surface area contributed by atoms with E-state index >= 15 is 0 Å². The van der Waals surface area contributed by atoms with E-state index in [1.807, 2.05) is 0 Å². The van der Waals surface area contributed by atoms with Gasteiger partial charge >= 0.3 is 0 Å². The molecule has 0 aromatic heterocycles. The van der Waals surface area contributed by atoms with E-state index in [2.05, 4.69) is 60.8 Å². The quantitative estimate of drug-likeness (QED) is 0.776. The van der Waals surface area contributed by atoms with Crippen LogP contribution in [0.15, 0.2) is 48.5 Å². The highest BCUT2D eigenvalue weighted by Gasteiger charge is 2.19. The highest BCUT2D eigenvalue weighted by atomic mass is 14.9. The van der Waals surface area contributed by atoms with Gasteiger partial charge in [-0.1, -0.05) is 42.5 Å². The van der Waals surface area contributed by atoms with Crippen molar-refractivity contribution in [1.29, 1.82) is 0 Å². The number of fused-ring (bicyclic) bond motifs is 1. The molecule has 2 aromatic carbocycles. The normalized spacial score (nSPS) is 18.3. The summed E-state index contributed by atoms with van der Waals surface area (Å²) in [6.45, 7) is 3.19. The fraction of sp³-hybridized carbons (Fsp3) is 0.250. The molecule has 1 aliphatic rings. The van der Waals surface area contributed by atoms with Gasteiger partial charge in [0.1, 0.15) is 0 Å². The molecule has 1 unspecified atom stereocenters. The first-order valence-electron chi connectivity index (χ1n) is 6.21. The van der Waals surface area contributed by atoms with Gasteiger partial charge in [-0.05, 0) is 36.1 Å². The number of hydrogen-bond acceptors (Lipinski definition) is 1. The topological polar surface area (TPSA) is 12.0 Å². The summed E-state index contributed by atoms with van der Waals surface area (Å²) >= 11 is 0. The van der Waals surface area contributed by atoms with E-state index in [0.29, 0.717) is 5.92 Å². The molecule has 0 radical (unpaired) electrons. The monoisotopic (exact) mass is 223 g/mol. The lowest BCUT2D eigenvalue weighted by Crippen LogP contribution is -2.21. The van der Waals surface area contributed by atoms with Crippen molar-refractivity contribution in [1.82, 2.24) is 0 Å². The van der Waals surface area contributed by atoms with Crippen LogP contribution in [0.1, 0.15) is 22.6 Å². The van der Waals surface area contributed by atoms with E-state index in [9.17, 15) is 0 Å². The van der Waals surface area contributed by atoms with Crippen molar-refractivity contribution in [2.24, 2.45) is 0 Å². The summed E-state index contributed by atoms with van der Waals surface area (Å²) in [4.78, 5) is 0. The van der Waals surface area contributed by atoms with Crippen molar-refractivity contribution < 1.29 is 0 Å². The first-order chi connectivity index (χ1) is 8.33. The minimum Gasteiger partial charge on any atom is -0.384 e. The summed E-state index contributed by atoms with van der Waals surface area (Å²) in [6.07, 6.45) is 1.15. The van der Waals surface area contributed by atoms with Crippen molar-refractivity contribution in [3.05, 3.63) is 65.2 Å². The van der Waals surface area contributed by atoms with Crippen LogP contribution in [-0.2, 0) is 6.42 Å². The first kappa shape index (κ1) is 10.4. The van der Waals surface area contributed by atoms with E-state index in [4.69, 9.17) is 0 Å². The Morgan fingerprint density at radius 3 is 2.71 bits per heavy atom. The largest absolute Gasteiger partial charge is 0.384 e. The van der Waals surface area contributed by atoms with E-state index < -0.39 is 0 Å². The number of nitrogens with one attached hydrogen (secondary N) is 1. The molecule has 17 heavy (non-hydrogen) atoms. The number of hydrogen-bond donors (Lipinski definition) is 1. The molecular formula is C16H17N. The molecule has 1 aliphatic heterocycles. The Balaban J connectivity index is 1.88. The predicted molar refractivity (Wildman–Crippen MR) is 72.6 cm³/mol. The molecule has 0 spiro atoms. The molecule has 1 atom stereocenters. The number of rotatable bonds is 1. The SMILES string of the molecule is Cc1ccc2c(c1)NCC(c1ccccc1)C2. The maximum Gasteiger partial charge on any atom is 0.0375 e. The molecule has 0 aliphatic carbocycles. The maximum atomic E-state index is 3.55. The Labute approximate surface area is 102 Å². The third kappa shape index (κ3) is 2.05. The zero-order valence-electron chi connectivity index (χ0n) is 10.1. The van der Waals surface area contributed by atoms with E-state index in [1.54, 1.807) is 0 Å². The summed E-state index contributed by atoms with van der Waals surface area (Å²) in [5.74, 6) is 0.603. The highest BCUT2D eigenvalue weighted by molar-refractivity contribution is 5.56. The van der Waals surface area contributed by atoms with Crippen LogP contribution in [0.3, 0.4) is 0 Å². The van der Waals surface area contributed by atoms with Gasteiger partial charge < -0.3 is 5.32 Å². The molecule has 0 saturated heterocycles. The molecule has 0 bridgehead atoms. The van der Waals surface area contributed by atoms with Crippen LogP contribution in [0, 0.1) is 6.92 Å². The summed E-state index contributed by atoms with van der Waals surface area (Å²) in [5, 5.41) is 3.55. The summed E-state index contributed by atoms with van der Waals surface area (Å²) in [7, 11) is 0. The van der Waals surface area contributed by atoms with Crippen molar-refractivity contribution >= 4 is 5.69 Å². The molecule has 1 nitrogen and oxygen atoms in total. The van der Waals surface area contributed by atoms with Gasteiger partial charge in [-0.2, -0.15) is 0 Å². The Bertz CT molecular complexity index is 516. The Hall–Kier alpha value is -1.76. The third-order valence-electron chi connectivity index (χ3n) is 3.54. The third-order valence-corrected chi connectivity index (χ3v) is 3.54. The summed E-state index contributed by atoms with van der Waals surface area (Å²) < 4.78 is 0. The molecule has 1 heterocycles.